The highest BCUT2D eigenvalue weighted by molar-refractivity contribution is 7.89. The summed E-state index contributed by atoms with van der Waals surface area (Å²) in [4.78, 5) is 13.5. The highest BCUT2D eigenvalue weighted by Gasteiger charge is 2.27. The lowest BCUT2D eigenvalue weighted by atomic mass is 10.3. The van der Waals surface area contributed by atoms with E-state index >= 15 is 0 Å². The molecule has 0 atom stereocenters. The number of ether oxygens (including phenoxy) is 1. The first-order valence-electron chi connectivity index (χ1n) is 8.99. The highest BCUT2D eigenvalue weighted by Crippen LogP contribution is 2.26. The van der Waals surface area contributed by atoms with E-state index in [1.807, 2.05) is 0 Å². The number of carbonyl (C=O) groups is 1. The van der Waals surface area contributed by atoms with Crippen LogP contribution in [0.15, 0.2) is 29.2 Å². The van der Waals surface area contributed by atoms with Crippen LogP contribution in [0, 0.1) is 0 Å². The van der Waals surface area contributed by atoms with E-state index in [9.17, 15) is 13.2 Å². The van der Waals surface area contributed by atoms with E-state index in [0.29, 0.717) is 32.6 Å². The van der Waals surface area contributed by atoms with Crippen LogP contribution in [0.1, 0.15) is 39.0 Å². The SMILES string of the molecule is CC(=O)N1CCCN(S(=O)(=O)c2ccc(OC3CCCC3)cc2)CC1. The van der Waals surface area contributed by atoms with E-state index in [4.69, 9.17) is 4.74 Å². The van der Waals surface area contributed by atoms with Gasteiger partial charge in [-0.15, -0.1) is 0 Å². The predicted octanol–water partition coefficient (Wildman–Crippen LogP) is 2.25. The van der Waals surface area contributed by atoms with Crippen molar-refractivity contribution in [1.29, 1.82) is 0 Å². The third-order valence-corrected chi connectivity index (χ3v) is 6.88. The molecule has 1 saturated carbocycles. The van der Waals surface area contributed by atoms with Crippen LogP contribution in [0.3, 0.4) is 0 Å². The van der Waals surface area contributed by atoms with Crippen molar-refractivity contribution < 1.29 is 17.9 Å². The molecule has 0 unspecified atom stereocenters. The van der Waals surface area contributed by atoms with Gasteiger partial charge in [-0.3, -0.25) is 4.79 Å². The Bertz CT molecular complexity index is 696. The lowest BCUT2D eigenvalue weighted by Gasteiger charge is -2.21. The summed E-state index contributed by atoms with van der Waals surface area (Å²) in [7, 11) is -3.54. The zero-order valence-electron chi connectivity index (χ0n) is 14.7. The summed E-state index contributed by atoms with van der Waals surface area (Å²) in [6, 6.07) is 6.72. The van der Waals surface area contributed by atoms with Crippen LogP contribution in [-0.2, 0) is 14.8 Å². The molecule has 0 spiro atoms. The van der Waals surface area contributed by atoms with Crippen molar-refractivity contribution in [2.24, 2.45) is 0 Å². The van der Waals surface area contributed by atoms with Gasteiger partial charge >= 0.3 is 0 Å². The Hall–Kier alpha value is -1.60. The fourth-order valence-corrected chi connectivity index (χ4v) is 4.96. The zero-order valence-corrected chi connectivity index (χ0v) is 15.5. The van der Waals surface area contributed by atoms with Crippen molar-refractivity contribution in [3.05, 3.63) is 24.3 Å². The molecule has 1 heterocycles. The highest BCUT2D eigenvalue weighted by atomic mass is 32.2. The van der Waals surface area contributed by atoms with Gasteiger partial charge in [0.1, 0.15) is 5.75 Å². The Kier molecular flexibility index (Phi) is 5.64. The molecule has 0 radical (unpaired) electrons. The molecule has 1 aromatic carbocycles. The topological polar surface area (TPSA) is 66.9 Å². The molecule has 25 heavy (non-hydrogen) atoms. The quantitative estimate of drug-likeness (QED) is 0.820. The normalized spacial score (nSPS) is 20.4. The summed E-state index contributed by atoms with van der Waals surface area (Å²) in [5.41, 5.74) is 0. The molecular formula is C18H26N2O4S. The standard InChI is InChI=1S/C18H26N2O4S/c1-15(21)19-11-4-12-20(14-13-19)25(22,23)18-9-7-17(8-10-18)24-16-5-2-3-6-16/h7-10,16H,2-6,11-14H2,1H3. The van der Waals surface area contributed by atoms with Crippen LogP contribution in [0.4, 0.5) is 0 Å². The van der Waals surface area contributed by atoms with Crippen molar-refractivity contribution >= 4 is 15.9 Å². The van der Waals surface area contributed by atoms with E-state index in [1.54, 1.807) is 29.2 Å². The molecule has 1 aliphatic carbocycles. The predicted molar refractivity (Wildman–Crippen MR) is 95.0 cm³/mol. The number of nitrogens with zero attached hydrogens (tertiary/aromatic N) is 2. The average Bonchev–Trinajstić information content (AvgIpc) is 2.95. The largest absolute Gasteiger partial charge is 0.490 e. The summed E-state index contributed by atoms with van der Waals surface area (Å²) < 4.78 is 33.1. The van der Waals surface area contributed by atoms with Gasteiger partial charge in [-0.05, 0) is 56.4 Å². The molecule has 0 aromatic heterocycles. The zero-order chi connectivity index (χ0) is 17.9. The van der Waals surface area contributed by atoms with Gasteiger partial charge in [0.2, 0.25) is 15.9 Å². The van der Waals surface area contributed by atoms with Gasteiger partial charge in [0.25, 0.3) is 0 Å². The minimum Gasteiger partial charge on any atom is -0.490 e. The van der Waals surface area contributed by atoms with Gasteiger partial charge in [0.05, 0.1) is 11.0 Å². The molecule has 0 N–H and O–H groups in total. The van der Waals surface area contributed by atoms with Crippen molar-refractivity contribution in [1.82, 2.24) is 9.21 Å². The summed E-state index contributed by atoms with van der Waals surface area (Å²) in [5, 5.41) is 0. The Morgan fingerprint density at radius 3 is 2.32 bits per heavy atom. The first kappa shape index (κ1) is 18.2. The first-order chi connectivity index (χ1) is 12.0. The molecule has 0 bridgehead atoms. The van der Waals surface area contributed by atoms with E-state index in [2.05, 4.69) is 0 Å². The van der Waals surface area contributed by atoms with Gasteiger partial charge in [0, 0.05) is 33.1 Å². The minimum absolute atomic E-state index is 0.00679. The van der Waals surface area contributed by atoms with Gasteiger partial charge in [-0.1, -0.05) is 0 Å². The smallest absolute Gasteiger partial charge is 0.243 e. The van der Waals surface area contributed by atoms with Gasteiger partial charge in [0.15, 0.2) is 0 Å². The molecular weight excluding hydrogens is 340 g/mol. The van der Waals surface area contributed by atoms with Crippen LogP contribution in [0.25, 0.3) is 0 Å². The molecule has 2 aliphatic rings. The lowest BCUT2D eigenvalue weighted by Crippen LogP contribution is -2.36. The molecule has 1 amide bonds. The number of hydrogen-bond donors (Lipinski definition) is 0. The van der Waals surface area contributed by atoms with Crippen LogP contribution in [0.5, 0.6) is 5.75 Å². The number of benzene rings is 1. The molecule has 6 nitrogen and oxygen atoms in total. The fourth-order valence-electron chi connectivity index (χ4n) is 3.49. The number of carbonyl (C=O) groups excluding carboxylic acids is 1. The lowest BCUT2D eigenvalue weighted by molar-refractivity contribution is -0.128. The number of hydrogen-bond acceptors (Lipinski definition) is 4. The summed E-state index contributed by atoms with van der Waals surface area (Å²) in [6.07, 6.45) is 5.45. The van der Waals surface area contributed by atoms with Crippen molar-refractivity contribution in [3.63, 3.8) is 0 Å². The molecule has 3 rings (SSSR count). The molecule has 2 fully saturated rings. The average molecular weight is 366 g/mol. The summed E-state index contributed by atoms with van der Waals surface area (Å²) >= 11 is 0. The van der Waals surface area contributed by atoms with Crippen molar-refractivity contribution in [3.8, 4) is 5.75 Å². The van der Waals surface area contributed by atoms with Crippen LogP contribution < -0.4 is 4.74 Å². The van der Waals surface area contributed by atoms with Crippen LogP contribution in [0.2, 0.25) is 0 Å². The van der Waals surface area contributed by atoms with E-state index in [1.165, 1.54) is 24.1 Å². The van der Waals surface area contributed by atoms with Crippen LogP contribution in [-0.4, -0.2) is 55.8 Å². The first-order valence-corrected chi connectivity index (χ1v) is 10.4. The maximum atomic E-state index is 12.9. The third-order valence-electron chi connectivity index (χ3n) is 4.97. The monoisotopic (exact) mass is 366 g/mol. The second kappa shape index (κ2) is 7.74. The maximum Gasteiger partial charge on any atom is 0.243 e. The van der Waals surface area contributed by atoms with E-state index in [-0.39, 0.29) is 16.9 Å². The second-order valence-corrected chi connectivity index (χ2v) is 8.70. The Labute approximate surface area is 149 Å². The molecule has 138 valence electrons. The maximum absolute atomic E-state index is 12.9. The molecule has 1 aromatic rings. The Morgan fingerprint density at radius 2 is 1.68 bits per heavy atom. The fraction of sp³-hybridized carbons (Fsp3) is 0.611. The van der Waals surface area contributed by atoms with Gasteiger partial charge in [-0.2, -0.15) is 4.31 Å². The molecule has 1 aliphatic heterocycles. The minimum atomic E-state index is -3.54. The van der Waals surface area contributed by atoms with E-state index < -0.39 is 10.0 Å². The molecule has 7 heteroatoms. The summed E-state index contributed by atoms with van der Waals surface area (Å²) in [6.45, 7) is 3.34. The van der Waals surface area contributed by atoms with E-state index in [0.717, 1.165) is 18.6 Å². The number of rotatable bonds is 4. The van der Waals surface area contributed by atoms with Crippen molar-refractivity contribution in [2.75, 3.05) is 26.2 Å². The van der Waals surface area contributed by atoms with Gasteiger partial charge in [-0.25, -0.2) is 8.42 Å². The Balaban J connectivity index is 1.67. The Morgan fingerprint density at radius 1 is 1.00 bits per heavy atom. The van der Waals surface area contributed by atoms with Crippen LogP contribution >= 0.6 is 0 Å². The summed E-state index contributed by atoms with van der Waals surface area (Å²) in [5.74, 6) is 0.720. The van der Waals surface area contributed by atoms with Crippen molar-refractivity contribution in [2.45, 2.75) is 50.0 Å². The van der Waals surface area contributed by atoms with Gasteiger partial charge < -0.3 is 9.64 Å². The molecule has 1 saturated heterocycles. The number of amides is 1. The number of sulfonamides is 1. The third kappa shape index (κ3) is 4.33. The second-order valence-electron chi connectivity index (χ2n) is 6.76.